The summed E-state index contributed by atoms with van der Waals surface area (Å²) in [7, 11) is 1.35. The van der Waals surface area contributed by atoms with Crippen LogP contribution in [0.5, 0.6) is 0 Å². The fourth-order valence-corrected chi connectivity index (χ4v) is 2.48. The molecule has 7 nitrogen and oxygen atoms in total. The van der Waals surface area contributed by atoms with E-state index in [0.717, 1.165) is 0 Å². The van der Waals surface area contributed by atoms with Gasteiger partial charge in [0.05, 0.1) is 13.2 Å². The highest BCUT2D eigenvalue weighted by molar-refractivity contribution is 5.76. The molecule has 0 saturated carbocycles. The van der Waals surface area contributed by atoms with Crippen LogP contribution in [0.2, 0.25) is 0 Å². The number of urea groups is 1. The molecule has 0 radical (unpaired) electrons. The molecule has 2 aliphatic rings. The summed E-state index contributed by atoms with van der Waals surface area (Å²) in [5, 5.41) is 12.3. The Bertz CT molecular complexity index is 336. The highest BCUT2D eigenvalue weighted by Crippen LogP contribution is 2.18. The first-order valence-electron chi connectivity index (χ1n) is 6.14. The average Bonchev–Trinajstić information content (AvgIpc) is 2.92. The number of aliphatic hydroxyl groups excluding tert-OH is 1. The number of likely N-dealkylation sites (tertiary alicyclic amines) is 1. The number of ether oxygens (including phenoxy) is 1. The van der Waals surface area contributed by atoms with Gasteiger partial charge in [-0.1, -0.05) is 0 Å². The fraction of sp³-hybridized carbons (Fsp3) is 0.818. The van der Waals surface area contributed by atoms with Crippen molar-refractivity contribution >= 4 is 12.0 Å². The number of amides is 2. The molecule has 2 heterocycles. The molecule has 2 fully saturated rings. The van der Waals surface area contributed by atoms with Crippen molar-refractivity contribution in [3.63, 3.8) is 0 Å². The molecule has 2 aliphatic heterocycles. The van der Waals surface area contributed by atoms with E-state index in [-0.39, 0.29) is 12.0 Å². The molecule has 7 heteroatoms. The van der Waals surface area contributed by atoms with Crippen molar-refractivity contribution in [2.24, 2.45) is 0 Å². The Balaban J connectivity index is 1.86. The first-order chi connectivity index (χ1) is 8.61. The third kappa shape index (κ3) is 2.73. The second kappa shape index (κ2) is 5.53. The van der Waals surface area contributed by atoms with Gasteiger partial charge in [-0.25, -0.2) is 4.79 Å². The van der Waals surface area contributed by atoms with Crippen LogP contribution >= 0.6 is 0 Å². The number of carbonyl (C=O) groups excluding carboxylic acids is 2. The van der Waals surface area contributed by atoms with Crippen molar-refractivity contribution in [2.75, 3.05) is 39.8 Å². The van der Waals surface area contributed by atoms with Gasteiger partial charge in [0.1, 0.15) is 6.04 Å². The standard InChI is InChI=1S/C11H19N3O4/c1-18-10(16)9-6-8(15)7-14(9)5-4-13-3-2-12-11(13)17/h8-9,15H,2-7H2,1H3,(H,12,17). The number of hydrogen-bond acceptors (Lipinski definition) is 5. The Labute approximate surface area is 106 Å². The summed E-state index contributed by atoms with van der Waals surface area (Å²) in [6, 6.07) is -0.458. The molecular weight excluding hydrogens is 238 g/mol. The zero-order valence-electron chi connectivity index (χ0n) is 10.5. The number of nitrogens with one attached hydrogen (secondary N) is 1. The quantitative estimate of drug-likeness (QED) is 0.607. The van der Waals surface area contributed by atoms with Gasteiger partial charge in [0, 0.05) is 39.1 Å². The normalized spacial score (nSPS) is 28.6. The first kappa shape index (κ1) is 13.1. The van der Waals surface area contributed by atoms with Crippen LogP contribution in [-0.4, -0.2) is 78.9 Å². The smallest absolute Gasteiger partial charge is 0.323 e. The van der Waals surface area contributed by atoms with Crippen molar-refractivity contribution in [3.8, 4) is 0 Å². The summed E-state index contributed by atoms with van der Waals surface area (Å²) in [5.41, 5.74) is 0. The van der Waals surface area contributed by atoms with Gasteiger partial charge in [-0.05, 0) is 0 Å². The van der Waals surface area contributed by atoms with Crippen LogP contribution in [0, 0.1) is 0 Å². The monoisotopic (exact) mass is 257 g/mol. The molecule has 0 aliphatic carbocycles. The second-order valence-electron chi connectivity index (χ2n) is 4.64. The van der Waals surface area contributed by atoms with Gasteiger partial charge in [0.15, 0.2) is 0 Å². The molecule has 0 spiro atoms. The zero-order valence-corrected chi connectivity index (χ0v) is 10.5. The molecule has 102 valence electrons. The summed E-state index contributed by atoms with van der Waals surface area (Å²) < 4.78 is 4.72. The van der Waals surface area contributed by atoms with Crippen molar-refractivity contribution < 1.29 is 19.4 Å². The van der Waals surface area contributed by atoms with Crippen molar-refractivity contribution in [2.45, 2.75) is 18.6 Å². The molecule has 2 N–H and O–H groups in total. The van der Waals surface area contributed by atoms with Crippen molar-refractivity contribution in [3.05, 3.63) is 0 Å². The summed E-state index contributed by atoms with van der Waals surface area (Å²) in [6.07, 6.45) is -0.0970. The summed E-state index contributed by atoms with van der Waals surface area (Å²) >= 11 is 0. The van der Waals surface area contributed by atoms with Gasteiger partial charge in [-0.2, -0.15) is 0 Å². The second-order valence-corrected chi connectivity index (χ2v) is 4.64. The van der Waals surface area contributed by atoms with Crippen LogP contribution in [0.4, 0.5) is 4.79 Å². The first-order valence-corrected chi connectivity index (χ1v) is 6.14. The van der Waals surface area contributed by atoms with Crippen LogP contribution in [0.25, 0.3) is 0 Å². The number of aliphatic hydroxyl groups is 1. The molecule has 0 aromatic carbocycles. The Kier molecular flexibility index (Phi) is 4.03. The van der Waals surface area contributed by atoms with Gasteiger partial charge in [-0.3, -0.25) is 9.69 Å². The molecule has 2 saturated heterocycles. The Morgan fingerprint density at radius 2 is 2.33 bits per heavy atom. The van der Waals surface area contributed by atoms with Crippen molar-refractivity contribution in [1.82, 2.24) is 15.1 Å². The maximum absolute atomic E-state index is 11.6. The summed E-state index contributed by atoms with van der Waals surface area (Å²) in [5.74, 6) is -0.322. The SMILES string of the molecule is COC(=O)C1CC(O)CN1CCN1CCNC1=O. The number of rotatable bonds is 4. The van der Waals surface area contributed by atoms with Gasteiger partial charge >= 0.3 is 12.0 Å². The third-order valence-electron chi connectivity index (χ3n) is 3.46. The lowest BCUT2D eigenvalue weighted by molar-refractivity contribution is -0.145. The highest BCUT2D eigenvalue weighted by Gasteiger charge is 2.36. The minimum Gasteiger partial charge on any atom is -0.468 e. The molecule has 0 aromatic rings. The number of nitrogens with zero attached hydrogens (tertiary/aromatic N) is 2. The molecule has 2 unspecified atom stereocenters. The van der Waals surface area contributed by atoms with E-state index >= 15 is 0 Å². The van der Waals surface area contributed by atoms with Crippen LogP contribution < -0.4 is 5.32 Å². The number of esters is 1. The maximum Gasteiger partial charge on any atom is 0.323 e. The number of methoxy groups -OCH3 is 1. The summed E-state index contributed by atoms with van der Waals surface area (Å²) in [6.45, 7) is 2.95. The molecule has 0 aromatic heterocycles. The fourth-order valence-electron chi connectivity index (χ4n) is 2.48. The summed E-state index contributed by atoms with van der Waals surface area (Å²) in [4.78, 5) is 26.5. The number of β-amino-alcohol motifs (C(OH)–C–C–N with tert-alkyl or cyclic N) is 1. The molecular formula is C11H19N3O4. The van der Waals surface area contributed by atoms with Gasteiger partial charge in [-0.15, -0.1) is 0 Å². The highest BCUT2D eigenvalue weighted by atomic mass is 16.5. The van der Waals surface area contributed by atoms with E-state index in [1.807, 2.05) is 4.90 Å². The zero-order chi connectivity index (χ0) is 13.1. The minimum absolute atomic E-state index is 0.0654. The number of carbonyl (C=O) groups is 2. The van der Waals surface area contributed by atoms with Crippen LogP contribution in [0.15, 0.2) is 0 Å². The third-order valence-corrected chi connectivity index (χ3v) is 3.46. The van der Waals surface area contributed by atoms with E-state index in [9.17, 15) is 14.7 Å². The Morgan fingerprint density at radius 3 is 2.94 bits per heavy atom. The minimum atomic E-state index is -0.499. The van der Waals surface area contributed by atoms with E-state index in [4.69, 9.17) is 4.74 Å². The van der Waals surface area contributed by atoms with Crippen LogP contribution in [0.3, 0.4) is 0 Å². The topological polar surface area (TPSA) is 82.1 Å². The Morgan fingerprint density at radius 1 is 1.56 bits per heavy atom. The van der Waals surface area contributed by atoms with E-state index in [1.54, 1.807) is 4.90 Å². The molecule has 2 atom stereocenters. The van der Waals surface area contributed by atoms with E-state index in [1.165, 1.54) is 7.11 Å². The Hall–Kier alpha value is -1.34. The molecule has 2 amide bonds. The lowest BCUT2D eigenvalue weighted by Gasteiger charge is -2.24. The average molecular weight is 257 g/mol. The van der Waals surface area contributed by atoms with Crippen molar-refractivity contribution in [1.29, 1.82) is 0 Å². The van der Waals surface area contributed by atoms with E-state index < -0.39 is 12.1 Å². The predicted octanol–water partition coefficient (Wildman–Crippen LogP) is -1.38. The number of hydrogen-bond donors (Lipinski definition) is 2. The van der Waals surface area contributed by atoms with Gasteiger partial charge in [0.2, 0.25) is 0 Å². The molecule has 18 heavy (non-hydrogen) atoms. The van der Waals surface area contributed by atoms with Crippen LogP contribution in [-0.2, 0) is 9.53 Å². The van der Waals surface area contributed by atoms with E-state index in [2.05, 4.69) is 5.32 Å². The van der Waals surface area contributed by atoms with Gasteiger partial charge in [0.25, 0.3) is 0 Å². The van der Waals surface area contributed by atoms with Crippen LogP contribution in [0.1, 0.15) is 6.42 Å². The lowest BCUT2D eigenvalue weighted by atomic mass is 10.2. The molecule has 0 bridgehead atoms. The lowest BCUT2D eigenvalue weighted by Crippen LogP contribution is -2.42. The van der Waals surface area contributed by atoms with E-state index in [0.29, 0.717) is 39.1 Å². The largest absolute Gasteiger partial charge is 0.468 e. The van der Waals surface area contributed by atoms with Gasteiger partial charge < -0.3 is 20.1 Å². The molecule has 2 rings (SSSR count). The predicted molar refractivity (Wildman–Crippen MR) is 63.0 cm³/mol. The maximum atomic E-state index is 11.6.